The summed E-state index contributed by atoms with van der Waals surface area (Å²) in [5, 5.41) is 6.22. The summed E-state index contributed by atoms with van der Waals surface area (Å²) >= 11 is 6.00. The van der Waals surface area contributed by atoms with Gasteiger partial charge in [-0.1, -0.05) is 23.7 Å². The lowest BCUT2D eigenvalue weighted by Crippen LogP contribution is -2.33. The molecule has 138 valence electrons. The molecule has 0 bridgehead atoms. The number of carbonyl (C=O) groups excluding carboxylic acids is 2. The highest BCUT2D eigenvalue weighted by Crippen LogP contribution is 2.22. The van der Waals surface area contributed by atoms with Crippen molar-refractivity contribution in [1.82, 2.24) is 5.32 Å². The third-order valence-electron chi connectivity index (χ3n) is 3.66. The van der Waals surface area contributed by atoms with Crippen LogP contribution in [-0.4, -0.2) is 24.0 Å². The molecule has 0 aliphatic carbocycles. The first-order valence-electron chi connectivity index (χ1n) is 8.41. The first-order chi connectivity index (χ1) is 12.3. The van der Waals surface area contributed by atoms with Gasteiger partial charge in [0.25, 0.3) is 11.8 Å². The summed E-state index contributed by atoms with van der Waals surface area (Å²) < 4.78 is 5.68. The average Bonchev–Trinajstić information content (AvgIpc) is 2.58. The topological polar surface area (TPSA) is 67.4 Å². The summed E-state index contributed by atoms with van der Waals surface area (Å²) in [4.78, 5) is 24.8. The van der Waals surface area contributed by atoms with Crippen LogP contribution in [0.25, 0.3) is 0 Å². The summed E-state index contributed by atoms with van der Waals surface area (Å²) in [6, 6.07) is 12.1. The van der Waals surface area contributed by atoms with Crippen LogP contribution in [0.3, 0.4) is 0 Å². The molecule has 0 aliphatic heterocycles. The summed E-state index contributed by atoms with van der Waals surface area (Å²) in [7, 11) is 0. The number of aryl methyl sites for hydroxylation is 1. The molecule has 2 amide bonds. The van der Waals surface area contributed by atoms with E-state index in [1.165, 1.54) is 0 Å². The third kappa shape index (κ3) is 5.23. The number of rotatable bonds is 6. The molecular formula is C20H23ClN2O3. The Hall–Kier alpha value is -2.53. The van der Waals surface area contributed by atoms with Gasteiger partial charge in [0.1, 0.15) is 5.75 Å². The van der Waals surface area contributed by atoms with Crippen molar-refractivity contribution in [3.63, 3.8) is 0 Å². The van der Waals surface area contributed by atoms with Gasteiger partial charge < -0.3 is 15.4 Å². The van der Waals surface area contributed by atoms with E-state index in [9.17, 15) is 9.59 Å². The number of ether oxygens (including phenoxy) is 1. The number of hydrogen-bond acceptors (Lipinski definition) is 3. The van der Waals surface area contributed by atoms with Crippen molar-refractivity contribution in [1.29, 1.82) is 0 Å². The van der Waals surface area contributed by atoms with Crippen LogP contribution in [0.1, 0.15) is 36.7 Å². The van der Waals surface area contributed by atoms with Gasteiger partial charge in [0.2, 0.25) is 0 Å². The predicted octanol–water partition coefficient (Wildman–Crippen LogP) is 4.19. The van der Waals surface area contributed by atoms with Crippen LogP contribution in [-0.2, 0) is 4.79 Å². The van der Waals surface area contributed by atoms with E-state index in [1.807, 2.05) is 20.8 Å². The Balaban J connectivity index is 2.09. The highest BCUT2D eigenvalue weighted by Gasteiger charge is 2.19. The Kier molecular flexibility index (Phi) is 6.64. The van der Waals surface area contributed by atoms with Gasteiger partial charge in [-0.3, -0.25) is 9.59 Å². The Morgan fingerprint density at radius 1 is 1.08 bits per heavy atom. The van der Waals surface area contributed by atoms with Gasteiger partial charge in [0, 0.05) is 11.1 Å². The van der Waals surface area contributed by atoms with Crippen LogP contribution >= 0.6 is 11.6 Å². The predicted molar refractivity (Wildman–Crippen MR) is 104 cm³/mol. The highest BCUT2D eigenvalue weighted by molar-refractivity contribution is 6.31. The van der Waals surface area contributed by atoms with E-state index in [0.29, 0.717) is 22.0 Å². The largest absolute Gasteiger partial charge is 0.481 e. The normalized spacial score (nSPS) is 11.8. The fraction of sp³-hybridized carbons (Fsp3) is 0.300. The molecule has 0 aliphatic rings. The first-order valence-corrected chi connectivity index (χ1v) is 8.79. The third-order valence-corrected chi connectivity index (χ3v) is 4.08. The van der Waals surface area contributed by atoms with Crippen molar-refractivity contribution < 1.29 is 14.3 Å². The van der Waals surface area contributed by atoms with E-state index in [2.05, 4.69) is 10.6 Å². The monoisotopic (exact) mass is 374 g/mol. The van der Waals surface area contributed by atoms with Crippen molar-refractivity contribution in [3.8, 4) is 5.75 Å². The number of halogens is 1. The lowest BCUT2D eigenvalue weighted by Gasteiger charge is -2.17. The van der Waals surface area contributed by atoms with Crippen LogP contribution in [0.4, 0.5) is 5.69 Å². The van der Waals surface area contributed by atoms with E-state index in [1.54, 1.807) is 49.4 Å². The number of carbonyl (C=O) groups is 2. The molecule has 0 radical (unpaired) electrons. The number of nitrogens with one attached hydrogen (secondary N) is 2. The van der Waals surface area contributed by atoms with Gasteiger partial charge >= 0.3 is 0 Å². The van der Waals surface area contributed by atoms with E-state index in [-0.39, 0.29) is 17.9 Å². The van der Waals surface area contributed by atoms with Crippen LogP contribution in [0, 0.1) is 6.92 Å². The molecular weight excluding hydrogens is 352 g/mol. The molecule has 0 saturated carbocycles. The van der Waals surface area contributed by atoms with Crippen molar-refractivity contribution in [2.75, 3.05) is 5.32 Å². The molecule has 1 unspecified atom stereocenters. The molecule has 6 heteroatoms. The van der Waals surface area contributed by atoms with Crippen LogP contribution < -0.4 is 15.4 Å². The number of hydrogen-bond donors (Lipinski definition) is 2. The molecule has 2 aromatic rings. The smallest absolute Gasteiger partial charge is 0.265 e. The molecule has 26 heavy (non-hydrogen) atoms. The molecule has 2 N–H and O–H groups in total. The zero-order chi connectivity index (χ0) is 19.3. The Bertz CT molecular complexity index is 805. The van der Waals surface area contributed by atoms with Gasteiger partial charge in [-0.05, 0) is 63.6 Å². The summed E-state index contributed by atoms with van der Waals surface area (Å²) in [6.07, 6.45) is -0.739. The molecule has 0 aromatic heterocycles. The van der Waals surface area contributed by atoms with E-state index >= 15 is 0 Å². The van der Waals surface area contributed by atoms with Crippen molar-refractivity contribution in [2.24, 2.45) is 0 Å². The maximum absolute atomic E-state index is 12.5. The molecule has 0 spiro atoms. The maximum atomic E-state index is 12.5. The molecule has 2 rings (SSSR count). The van der Waals surface area contributed by atoms with Gasteiger partial charge in [0.15, 0.2) is 6.10 Å². The summed E-state index contributed by atoms with van der Waals surface area (Å²) in [5.41, 5.74) is 1.72. The molecule has 0 fully saturated rings. The standard InChI is InChI=1S/C20H23ClN2O3/c1-12(2)22-20(25)16-7-5-6-8-18(16)23-19(24)14(4)26-15-9-10-17(21)13(3)11-15/h5-12,14H,1-4H3,(H,22,25)(H,23,24). The van der Waals surface area contributed by atoms with E-state index in [4.69, 9.17) is 16.3 Å². The zero-order valence-electron chi connectivity index (χ0n) is 15.3. The number of amides is 2. The minimum Gasteiger partial charge on any atom is -0.481 e. The fourth-order valence-electron chi connectivity index (χ4n) is 2.31. The quantitative estimate of drug-likeness (QED) is 0.796. The Labute approximate surface area is 158 Å². The molecule has 0 heterocycles. The summed E-state index contributed by atoms with van der Waals surface area (Å²) in [5.74, 6) is -0.0272. The lowest BCUT2D eigenvalue weighted by molar-refractivity contribution is -0.122. The number of para-hydroxylation sites is 1. The average molecular weight is 375 g/mol. The second-order valence-corrected chi connectivity index (χ2v) is 6.74. The van der Waals surface area contributed by atoms with Gasteiger partial charge in [-0.25, -0.2) is 0 Å². The molecule has 1 atom stereocenters. The van der Waals surface area contributed by atoms with Crippen LogP contribution in [0.5, 0.6) is 5.75 Å². The highest BCUT2D eigenvalue weighted by atomic mass is 35.5. The van der Waals surface area contributed by atoms with E-state index < -0.39 is 6.10 Å². The first kappa shape index (κ1) is 19.8. The van der Waals surface area contributed by atoms with E-state index in [0.717, 1.165) is 5.56 Å². The second kappa shape index (κ2) is 8.72. The van der Waals surface area contributed by atoms with Gasteiger partial charge in [-0.2, -0.15) is 0 Å². The SMILES string of the molecule is Cc1cc(OC(C)C(=O)Nc2ccccc2C(=O)NC(C)C)ccc1Cl. The second-order valence-electron chi connectivity index (χ2n) is 6.33. The lowest BCUT2D eigenvalue weighted by atomic mass is 10.1. The number of benzene rings is 2. The van der Waals surface area contributed by atoms with Gasteiger partial charge in [0.05, 0.1) is 11.3 Å². The van der Waals surface area contributed by atoms with Crippen molar-refractivity contribution in [2.45, 2.75) is 39.8 Å². The Morgan fingerprint density at radius 3 is 2.42 bits per heavy atom. The molecule has 5 nitrogen and oxygen atoms in total. The summed E-state index contributed by atoms with van der Waals surface area (Å²) in [6.45, 7) is 7.27. The number of anilines is 1. The maximum Gasteiger partial charge on any atom is 0.265 e. The van der Waals surface area contributed by atoms with Crippen LogP contribution in [0.2, 0.25) is 5.02 Å². The molecule has 2 aromatic carbocycles. The molecule has 0 saturated heterocycles. The van der Waals surface area contributed by atoms with Crippen LogP contribution in [0.15, 0.2) is 42.5 Å². The zero-order valence-corrected chi connectivity index (χ0v) is 16.1. The fourth-order valence-corrected chi connectivity index (χ4v) is 2.43. The van der Waals surface area contributed by atoms with Crippen molar-refractivity contribution in [3.05, 3.63) is 58.6 Å². The van der Waals surface area contributed by atoms with Crippen molar-refractivity contribution >= 4 is 29.1 Å². The van der Waals surface area contributed by atoms with Gasteiger partial charge in [-0.15, -0.1) is 0 Å². The Morgan fingerprint density at radius 2 is 1.77 bits per heavy atom. The minimum atomic E-state index is -0.739. The minimum absolute atomic E-state index is 0.00154.